The van der Waals surface area contributed by atoms with Gasteiger partial charge in [0.25, 0.3) is 0 Å². The van der Waals surface area contributed by atoms with Crippen LogP contribution in [0.5, 0.6) is 5.88 Å². The van der Waals surface area contributed by atoms with Crippen LogP contribution in [0.25, 0.3) is 16.5 Å². The van der Waals surface area contributed by atoms with Crippen molar-refractivity contribution in [1.82, 2.24) is 9.78 Å². The third kappa shape index (κ3) is 3.34. The van der Waals surface area contributed by atoms with Crippen LogP contribution in [-0.4, -0.2) is 15.7 Å². The maximum Gasteiger partial charge on any atom is 0.435 e. The van der Waals surface area contributed by atoms with E-state index in [1.54, 1.807) is 54.6 Å². The van der Waals surface area contributed by atoms with Crippen LogP contribution in [0.3, 0.4) is 0 Å². The zero-order valence-electron chi connectivity index (χ0n) is 14.4. The summed E-state index contributed by atoms with van der Waals surface area (Å²) >= 11 is 0. The monoisotopic (exact) mass is 382 g/mol. The number of hydrogen-bond donors (Lipinski definition) is 0. The number of rotatable bonds is 3. The Balaban J connectivity index is 1.76. The van der Waals surface area contributed by atoms with Crippen molar-refractivity contribution >= 4 is 16.7 Å². The number of esters is 1. The van der Waals surface area contributed by atoms with E-state index in [2.05, 4.69) is 5.10 Å². The maximum absolute atomic E-state index is 13.1. The highest BCUT2D eigenvalue weighted by atomic mass is 19.4. The smallest absolute Gasteiger partial charge is 0.404 e. The zero-order chi connectivity index (χ0) is 19.7. The van der Waals surface area contributed by atoms with Gasteiger partial charge in [-0.15, -0.1) is 0 Å². The molecule has 0 atom stereocenters. The van der Waals surface area contributed by atoms with Gasteiger partial charge in [-0.1, -0.05) is 54.6 Å². The number of carbonyl (C=O) groups excluding carboxylic acids is 1. The summed E-state index contributed by atoms with van der Waals surface area (Å²) in [6.45, 7) is 0. The van der Waals surface area contributed by atoms with Crippen molar-refractivity contribution in [2.45, 2.75) is 6.18 Å². The molecule has 1 heterocycles. The molecule has 0 fully saturated rings. The van der Waals surface area contributed by atoms with Gasteiger partial charge in [-0.05, 0) is 29.0 Å². The molecule has 0 bridgehead atoms. The van der Waals surface area contributed by atoms with Crippen molar-refractivity contribution in [3.05, 3.63) is 90.1 Å². The van der Waals surface area contributed by atoms with Crippen LogP contribution in [0.1, 0.15) is 16.1 Å². The molecule has 0 saturated carbocycles. The fourth-order valence-electron chi connectivity index (χ4n) is 2.88. The highest BCUT2D eigenvalue weighted by molar-refractivity contribution is 6.05. The van der Waals surface area contributed by atoms with E-state index in [1.807, 2.05) is 18.2 Å². The van der Waals surface area contributed by atoms with Crippen molar-refractivity contribution in [1.29, 1.82) is 0 Å². The second kappa shape index (κ2) is 6.84. The molecule has 4 nitrogen and oxygen atoms in total. The van der Waals surface area contributed by atoms with Gasteiger partial charge in [0.1, 0.15) is 0 Å². The van der Waals surface area contributed by atoms with Gasteiger partial charge in [0, 0.05) is 6.07 Å². The fraction of sp³-hybridized carbons (Fsp3) is 0.0476. The van der Waals surface area contributed by atoms with E-state index in [-0.39, 0.29) is 11.4 Å². The molecular formula is C21H13F3N2O2. The first-order valence-corrected chi connectivity index (χ1v) is 8.36. The van der Waals surface area contributed by atoms with Gasteiger partial charge in [0.2, 0.25) is 5.88 Å². The van der Waals surface area contributed by atoms with Crippen molar-refractivity contribution < 1.29 is 22.7 Å². The molecule has 4 rings (SSSR count). The molecule has 0 N–H and O–H groups in total. The van der Waals surface area contributed by atoms with E-state index < -0.39 is 17.8 Å². The molecule has 0 aliphatic heterocycles. The number of nitrogens with zero attached hydrogens (tertiary/aromatic N) is 2. The highest BCUT2D eigenvalue weighted by Crippen LogP contribution is 2.32. The average molecular weight is 382 g/mol. The Kier molecular flexibility index (Phi) is 4.35. The topological polar surface area (TPSA) is 44.1 Å². The van der Waals surface area contributed by atoms with Crippen LogP contribution in [0, 0.1) is 0 Å². The maximum atomic E-state index is 13.1. The van der Waals surface area contributed by atoms with Crippen LogP contribution in [0.4, 0.5) is 13.2 Å². The van der Waals surface area contributed by atoms with Crippen LogP contribution >= 0.6 is 0 Å². The molecule has 3 aromatic carbocycles. The fourth-order valence-corrected chi connectivity index (χ4v) is 2.88. The third-order valence-electron chi connectivity index (χ3n) is 4.17. The van der Waals surface area contributed by atoms with E-state index in [0.29, 0.717) is 11.1 Å². The van der Waals surface area contributed by atoms with E-state index in [1.165, 1.54) is 0 Å². The summed E-state index contributed by atoms with van der Waals surface area (Å²) < 4.78 is 45.7. The Morgan fingerprint density at radius 3 is 2.32 bits per heavy atom. The number of ether oxygens (including phenoxy) is 1. The van der Waals surface area contributed by atoms with E-state index in [4.69, 9.17) is 4.74 Å². The summed E-state index contributed by atoms with van der Waals surface area (Å²) in [6.07, 6.45) is -4.67. The molecular weight excluding hydrogens is 369 g/mol. The minimum absolute atomic E-state index is 0.257. The van der Waals surface area contributed by atoms with Crippen molar-refractivity contribution in [2.24, 2.45) is 0 Å². The molecule has 0 amide bonds. The standard InChI is InChI=1S/C21H13F3N2O2/c22-21(23,24)18-13-19(26(25-18)15-9-2-1-3-10-15)28-20(27)17-12-6-8-14-7-4-5-11-16(14)17/h1-13H. The molecule has 0 saturated heterocycles. The molecule has 0 spiro atoms. The van der Waals surface area contributed by atoms with Gasteiger partial charge >= 0.3 is 12.1 Å². The van der Waals surface area contributed by atoms with Gasteiger partial charge in [0.05, 0.1) is 11.3 Å². The summed E-state index contributed by atoms with van der Waals surface area (Å²) in [5, 5.41) is 5.05. The molecule has 4 aromatic rings. The Morgan fingerprint density at radius 2 is 1.57 bits per heavy atom. The summed E-state index contributed by atoms with van der Waals surface area (Å²) in [7, 11) is 0. The number of benzene rings is 3. The lowest BCUT2D eigenvalue weighted by molar-refractivity contribution is -0.141. The number of carbonyl (C=O) groups is 1. The Morgan fingerprint density at radius 1 is 0.893 bits per heavy atom. The van der Waals surface area contributed by atoms with Gasteiger partial charge < -0.3 is 4.74 Å². The normalized spacial score (nSPS) is 11.5. The van der Waals surface area contributed by atoms with Crippen LogP contribution in [0.15, 0.2) is 78.9 Å². The predicted octanol–water partition coefficient (Wildman–Crippen LogP) is 5.26. The molecule has 0 aliphatic rings. The van der Waals surface area contributed by atoms with E-state index >= 15 is 0 Å². The summed E-state index contributed by atoms with van der Waals surface area (Å²) in [4.78, 5) is 12.7. The minimum atomic E-state index is -4.67. The van der Waals surface area contributed by atoms with Gasteiger partial charge in [-0.2, -0.15) is 18.3 Å². The van der Waals surface area contributed by atoms with Crippen molar-refractivity contribution in [3.8, 4) is 11.6 Å². The van der Waals surface area contributed by atoms with Gasteiger partial charge in [-0.25, -0.2) is 9.48 Å². The number of fused-ring (bicyclic) bond motifs is 1. The zero-order valence-corrected chi connectivity index (χ0v) is 14.4. The highest BCUT2D eigenvalue weighted by Gasteiger charge is 2.36. The first kappa shape index (κ1) is 17.8. The largest absolute Gasteiger partial charge is 0.435 e. The third-order valence-corrected chi connectivity index (χ3v) is 4.17. The van der Waals surface area contributed by atoms with Crippen LogP contribution < -0.4 is 4.74 Å². The molecule has 7 heteroatoms. The Bertz CT molecular complexity index is 1150. The number of para-hydroxylation sites is 1. The Labute approximate surface area is 157 Å². The number of halogens is 3. The predicted molar refractivity (Wildman–Crippen MR) is 97.5 cm³/mol. The van der Waals surface area contributed by atoms with Gasteiger partial charge in [0.15, 0.2) is 5.69 Å². The lowest BCUT2D eigenvalue weighted by Gasteiger charge is -2.09. The van der Waals surface area contributed by atoms with E-state index in [9.17, 15) is 18.0 Å². The van der Waals surface area contributed by atoms with Crippen LogP contribution in [0.2, 0.25) is 0 Å². The lowest BCUT2D eigenvalue weighted by Crippen LogP contribution is -2.12. The molecule has 1 aromatic heterocycles. The van der Waals surface area contributed by atoms with Gasteiger partial charge in [-0.3, -0.25) is 0 Å². The second-order valence-electron chi connectivity index (χ2n) is 6.03. The minimum Gasteiger partial charge on any atom is -0.404 e. The molecule has 140 valence electrons. The van der Waals surface area contributed by atoms with Crippen LogP contribution in [-0.2, 0) is 6.18 Å². The summed E-state index contributed by atoms with van der Waals surface area (Å²) in [5.74, 6) is -1.07. The number of alkyl halides is 3. The summed E-state index contributed by atoms with van der Waals surface area (Å²) in [6, 6.07) is 21.2. The van der Waals surface area contributed by atoms with E-state index in [0.717, 1.165) is 16.1 Å². The molecule has 0 unspecified atom stereocenters. The molecule has 28 heavy (non-hydrogen) atoms. The number of aromatic nitrogens is 2. The Hall–Kier alpha value is -3.61. The molecule has 0 aliphatic carbocycles. The van der Waals surface area contributed by atoms with Crippen molar-refractivity contribution in [2.75, 3.05) is 0 Å². The summed E-state index contributed by atoms with van der Waals surface area (Å²) in [5.41, 5.74) is -0.539. The molecule has 0 radical (unpaired) electrons. The lowest BCUT2D eigenvalue weighted by atomic mass is 10.1. The quantitative estimate of drug-likeness (QED) is 0.454. The van der Waals surface area contributed by atoms with Crippen molar-refractivity contribution in [3.63, 3.8) is 0 Å². The first-order valence-electron chi connectivity index (χ1n) is 8.36. The second-order valence-corrected chi connectivity index (χ2v) is 6.03. The SMILES string of the molecule is O=C(Oc1cc(C(F)(F)F)nn1-c1ccccc1)c1cccc2ccccc12. The first-order chi connectivity index (χ1) is 13.4. The number of hydrogen-bond acceptors (Lipinski definition) is 3. The average Bonchev–Trinajstić information content (AvgIpc) is 3.12.